The van der Waals surface area contributed by atoms with Gasteiger partial charge in [-0.3, -0.25) is 9.79 Å². The summed E-state index contributed by atoms with van der Waals surface area (Å²) in [6.45, 7) is -1.26. The first-order chi connectivity index (χ1) is 15.5. The summed E-state index contributed by atoms with van der Waals surface area (Å²) in [5, 5.41) is 9.65. The molecule has 1 unspecified atom stereocenters. The monoisotopic (exact) mass is 441 g/mol. The Morgan fingerprint density at radius 1 is 1.19 bits per heavy atom. The fourth-order valence-electron chi connectivity index (χ4n) is 3.97. The number of ether oxygens (including phenoxy) is 1. The number of anilines is 3. The zero-order valence-corrected chi connectivity index (χ0v) is 17.0. The van der Waals surface area contributed by atoms with Crippen molar-refractivity contribution < 1.29 is 13.5 Å². The van der Waals surface area contributed by atoms with Gasteiger partial charge in [0.15, 0.2) is 0 Å². The number of nitrogens with zero attached hydrogens (tertiary/aromatic N) is 5. The standard InChI is InChI=1S/C21H21F2N7O2/c22-20(23)32-15-3-1-13(2-4-15)26-18-17-16(11-25-29-19(17)31)27-21(28-18)30-7-5-12(6-8-30)9-14-10-24-14/h1-4,10-12,14,20H,5-9H2,(H,29,31)(H,26,27,28). The molecule has 0 amide bonds. The van der Waals surface area contributed by atoms with E-state index in [4.69, 9.17) is 0 Å². The van der Waals surface area contributed by atoms with Crippen LogP contribution in [0.1, 0.15) is 19.3 Å². The van der Waals surface area contributed by atoms with Crippen LogP contribution in [-0.2, 0) is 0 Å². The third-order valence-electron chi connectivity index (χ3n) is 5.68. The van der Waals surface area contributed by atoms with Crippen molar-refractivity contribution in [3.05, 3.63) is 40.8 Å². The Kier molecular flexibility index (Phi) is 5.38. The molecule has 2 aromatic heterocycles. The van der Waals surface area contributed by atoms with Crippen LogP contribution in [0.4, 0.5) is 26.2 Å². The number of halogens is 2. The second-order valence-electron chi connectivity index (χ2n) is 7.89. The third kappa shape index (κ3) is 4.51. The summed E-state index contributed by atoms with van der Waals surface area (Å²) in [5.74, 6) is 1.52. The van der Waals surface area contributed by atoms with E-state index in [-0.39, 0.29) is 11.1 Å². The SMILES string of the molecule is O=c1[nH]ncc2nc(N3CCC(CC4C=N4)CC3)nc(Nc3ccc(OC(F)F)cc3)c12. The van der Waals surface area contributed by atoms with Crippen LogP contribution in [0.15, 0.2) is 40.2 Å². The lowest BCUT2D eigenvalue weighted by Crippen LogP contribution is -2.35. The van der Waals surface area contributed by atoms with E-state index in [1.807, 2.05) is 6.21 Å². The molecular formula is C21H21F2N7O2. The molecule has 0 radical (unpaired) electrons. The molecule has 166 valence electrons. The number of hydrogen-bond acceptors (Lipinski definition) is 8. The summed E-state index contributed by atoms with van der Waals surface area (Å²) in [4.78, 5) is 28.0. The summed E-state index contributed by atoms with van der Waals surface area (Å²) < 4.78 is 29.2. The zero-order valence-electron chi connectivity index (χ0n) is 17.0. The van der Waals surface area contributed by atoms with Gasteiger partial charge in [0.25, 0.3) is 5.56 Å². The minimum absolute atomic E-state index is 0.0419. The number of benzene rings is 1. The highest BCUT2D eigenvalue weighted by Crippen LogP contribution is 2.29. The maximum absolute atomic E-state index is 12.4. The summed E-state index contributed by atoms with van der Waals surface area (Å²) >= 11 is 0. The number of piperidine rings is 1. The molecule has 0 bridgehead atoms. The number of aliphatic imine (C=N–C) groups is 1. The number of nitrogens with one attached hydrogen (secondary N) is 2. The first-order valence-corrected chi connectivity index (χ1v) is 10.4. The minimum atomic E-state index is -2.89. The molecule has 32 heavy (non-hydrogen) atoms. The number of aromatic nitrogens is 4. The van der Waals surface area contributed by atoms with E-state index >= 15 is 0 Å². The van der Waals surface area contributed by atoms with Crippen molar-refractivity contribution in [1.82, 2.24) is 20.2 Å². The summed E-state index contributed by atoms with van der Waals surface area (Å²) in [6, 6.07) is 6.41. The predicted molar refractivity (Wildman–Crippen MR) is 116 cm³/mol. The van der Waals surface area contributed by atoms with Crippen LogP contribution in [0.25, 0.3) is 10.9 Å². The molecular weight excluding hydrogens is 420 g/mol. The first kappa shape index (κ1) is 20.3. The largest absolute Gasteiger partial charge is 0.435 e. The van der Waals surface area contributed by atoms with Gasteiger partial charge in [0, 0.05) is 25.0 Å². The number of alkyl halides is 2. The van der Waals surface area contributed by atoms with E-state index in [9.17, 15) is 13.6 Å². The van der Waals surface area contributed by atoms with Crippen LogP contribution in [0.2, 0.25) is 0 Å². The van der Waals surface area contributed by atoms with Crippen molar-refractivity contribution in [2.24, 2.45) is 10.9 Å². The molecule has 1 atom stereocenters. The van der Waals surface area contributed by atoms with Crippen LogP contribution in [0.5, 0.6) is 5.75 Å². The second kappa shape index (κ2) is 8.48. The number of hydrogen-bond donors (Lipinski definition) is 2. The van der Waals surface area contributed by atoms with Gasteiger partial charge in [0.05, 0.1) is 12.2 Å². The highest BCUT2D eigenvalue weighted by atomic mass is 19.3. The van der Waals surface area contributed by atoms with E-state index < -0.39 is 12.2 Å². The van der Waals surface area contributed by atoms with Gasteiger partial charge in [-0.1, -0.05) is 0 Å². The van der Waals surface area contributed by atoms with Crippen LogP contribution < -0.4 is 20.5 Å². The number of aromatic amines is 1. The van der Waals surface area contributed by atoms with Gasteiger partial charge in [-0.25, -0.2) is 10.1 Å². The Morgan fingerprint density at radius 3 is 2.62 bits per heavy atom. The molecule has 11 heteroatoms. The Morgan fingerprint density at radius 2 is 1.94 bits per heavy atom. The van der Waals surface area contributed by atoms with E-state index in [2.05, 4.69) is 40.1 Å². The van der Waals surface area contributed by atoms with Gasteiger partial charge in [0.2, 0.25) is 5.95 Å². The minimum Gasteiger partial charge on any atom is -0.435 e. The lowest BCUT2D eigenvalue weighted by Gasteiger charge is -2.32. The molecule has 0 saturated carbocycles. The topological polar surface area (TPSA) is 108 Å². The van der Waals surface area contributed by atoms with Crippen molar-refractivity contribution >= 4 is 34.6 Å². The molecule has 5 rings (SSSR count). The van der Waals surface area contributed by atoms with Crippen molar-refractivity contribution in [2.45, 2.75) is 31.9 Å². The van der Waals surface area contributed by atoms with Crippen LogP contribution >= 0.6 is 0 Å². The Balaban J connectivity index is 1.40. The van der Waals surface area contributed by atoms with Crippen molar-refractivity contribution in [2.75, 3.05) is 23.3 Å². The molecule has 1 saturated heterocycles. The van der Waals surface area contributed by atoms with Gasteiger partial charge in [-0.2, -0.15) is 18.9 Å². The molecule has 3 aromatic rings. The molecule has 2 N–H and O–H groups in total. The normalized spacial score (nSPS) is 18.3. The lowest BCUT2D eigenvalue weighted by molar-refractivity contribution is -0.0498. The fraction of sp³-hybridized carbons (Fsp3) is 0.381. The van der Waals surface area contributed by atoms with Crippen LogP contribution in [0.3, 0.4) is 0 Å². The Bertz CT molecular complexity index is 1180. The van der Waals surface area contributed by atoms with E-state index in [1.165, 1.54) is 18.3 Å². The maximum atomic E-state index is 12.4. The van der Waals surface area contributed by atoms with Crippen molar-refractivity contribution in [1.29, 1.82) is 0 Å². The molecule has 1 fully saturated rings. The Hall–Kier alpha value is -3.63. The number of fused-ring (bicyclic) bond motifs is 1. The van der Waals surface area contributed by atoms with Gasteiger partial charge < -0.3 is 15.0 Å². The number of H-pyrrole nitrogens is 1. The molecule has 4 heterocycles. The first-order valence-electron chi connectivity index (χ1n) is 10.4. The smallest absolute Gasteiger partial charge is 0.387 e. The predicted octanol–water partition coefficient (Wildman–Crippen LogP) is 3.12. The molecule has 1 aromatic carbocycles. The van der Waals surface area contributed by atoms with Crippen molar-refractivity contribution in [3.63, 3.8) is 0 Å². The summed E-state index contributed by atoms with van der Waals surface area (Å²) in [5.41, 5.74) is 0.571. The van der Waals surface area contributed by atoms with E-state index in [1.54, 1.807) is 12.1 Å². The van der Waals surface area contributed by atoms with Gasteiger partial charge in [-0.05, 0) is 49.4 Å². The summed E-state index contributed by atoms with van der Waals surface area (Å²) in [7, 11) is 0. The van der Waals surface area contributed by atoms with Crippen molar-refractivity contribution in [3.8, 4) is 5.75 Å². The van der Waals surface area contributed by atoms with E-state index in [0.717, 1.165) is 32.4 Å². The highest BCUT2D eigenvalue weighted by Gasteiger charge is 2.26. The molecule has 0 aliphatic carbocycles. The van der Waals surface area contributed by atoms with Gasteiger partial charge in [0.1, 0.15) is 22.5 Å². The third-order valence-corrected chi connectivity index (χ3v) is 5.68. The summed E-state index contributed by atoms with van der Waals surface area (Å²) in [6.07, 6.45) is 6.65. The second-order valence-corrected chi connectivity index (χ2v) is 7.89. The average Bonchev–Trinajstić information content (AvgIpc) is 3.59. The van der Waals surface area contributed by atoms with E-state index in [0.29, 0.717) is 34.9 Å². The molecule has 0 spiro atoms. The molecule has 2 aliphatic rings. The fourth-order valence-corrected chi connectivity index (χ4v) is 3.97. The Labute approximate surface area is 181 Å². The quantitative estimate of drug-likeness (QED) is 0.580. The maximum Gasteiger partial charge on any atom is 0.387 e. The van der Waals surface area contributed by atoms with Gasteiger partial charge in [-0.15, -0.1) is 0 Å². The highest BCUT2D eigenvalue weighted by molar-refractivity contribution is 5.90. The van der Waals surface area contributed by atoms with Crippen LogP contribution in [-0.4, -0.2) is 52.1 Å². The lowest BCUT2D eigenvalue weighted by atomic mass is 9.92. The molecule has 9 nitrogen and oxygen atoms in total. The zero-order chi connectivity index (χ0) is 22.1. The average molecular weight is 441 g/mol. The van der Waals surface area contributed by atoms with Gasteiger partial charge >= 0.3 is 6.61 Å². The number of rotatable bonds is 7. The molecule has 2 aliphatic heterocycles. The van der Waals surface area contributed by atoms with Crippen LogP contribution in [0, 0.1) is 5.92 Å².